The van der Waals surface area contributed by atoms with Gasteiger partial charge in [-0.2, -0.15) is 0 Å². The molecule has 0 aliphatic heterocycles. The average molecular weight is 297 g/mol. The molecule has 1 saturated carbocycles. The molecule has 1 fully saturated rings. The number of nitrogens with zero attached hydrogens (tertiary/aromatic N) is 1. The van der Waals surface area contributed by atoms with Gasteiger partial charge in [0.2, 0.25) is 5.91 Å². The SMILES string of the molecule is O=C(NNc1ccccc1[N+](=O)[O-])C1(c2ccccc2)CC1. The van der Waals surface area contributed by atoms with E-state index in [2.05, 4.69) is 10.9 Å². The standard InChI is InChI=1S/C16H15N3O3/c20-15(16(10-11-16)12-6-2-1-3-7-12)18-17-13-8-4-5-9-14(13)19(21)22/h1-9,17H,10-11H2,(H,18,20). The van der Waals surface area contributed by atoms with Gasteiger partial charge in [-0.1, -0.05) is 42.5 Å². The molecule has 2 aromatic carbocycles. The van der Waals surface area contributed by atoms with Crippen LogP contribution in [0.1, 0.15) is 18.4 Å². The van der Waals surface area contributed by atoms with E-state index in [1.54, 1.807) is 18.2 Å². The van der Waals surface area contributed by atoms with E-state index < -0.39 is 10.3 Å². The van der Waals surface area contributed by atoms with Gasteiger partial charge in [-0.15, -0.1) is 0 Å². The fraction of sp³-hybridized carbons (Fsp3) is 0.188. The van der Waals surface area contributed by atoms with Crippen molar-refractivity contribution in [2.75, 3.05) is 5.43 Å². The molecule has 0 spiro atoms. The van der Waals surface area contributed by atoms with Crippen molar-refractivity contribution in [2.24, 2.45) is 0 Å². The lowest BCUT2D eigenvalue weighted by atomic mass is 9.95. The maximum absolute atomic E-state index is 12.4. The molecule has 2 N–H and O–H groups in total. The molecule has 22 heavy (non-hydrogen) atoms. The molecule has 1 amide bonds. The van der Waals surface area contributed by atoms with Crippen LogP contribution in [0.4, 0.5) is 11.4 Å². The molecule has 0 unspecified atom stereocenters. The topological polar surface area (TPSA) is 84.3 Å². The van der Waals surface area contributed by atoms with Crippen molar-refractivity contribution >= 4 is 17.3 Å². The van der Waals surface area contributed by atoms with Gasteiger partial charge in [-0.05, 0) is 24.5 Å². The van der Waals surface area contributed by atoms with Gasteiger partial charge < -0.3 is 0 Å². The van der Waals surface area contributed by atoms with Crippen LogP contribution in [-0.4, -0.2) is 10.8 Å². The fourth-order valence-electron chi connectivity index (χ4n) is 2.51. The number of para-hydroxylation sites is 2. The minimum Gasteiger partial charge on any atom is -0.292 e. The first kappa shape index (κ1) is 14.1. The first-order chi connectivity index (χ1) is 10.6. The Morgan fingerprint density at radius 3 is 2.32 bits per heavy atom. The number of carbonyl (C=O) groups excluding carboxylic acids is 1. The van der Waals surface area contributed by atoms with E-state index in [0.29, 0.717) is 0 Å². The van der Waals surface area contributed by atoms with Gasteiger partial charge in [-0.25, -0.2) is 0 Å². The van der Waals surface area contributed by atoms with Crippen LogP contribution in [0.15, 0.2) is 54.6 Å². The summed E-state index contributed by atoms with van der Waals surface area (Å²) in [6.07, 6.45) is 1.56. The highest BCUT2D eigenvalue weighted by atomic mass is 16.6. The molecule has 0 aromatic heterocycles. The molecule has 1 aliphatic rings. The summed E-state index contributed by atoms with van der Waals surface area (Å²) in [5, 5.41) is 11.0. The van der Waals surface area contributed by atoms with E-state index in [1.165, 1.54) is 6.07 Å². The number of nitro benzene ring substituents is 1. The smallest absolute Gasteiger partial charge is 0.292 e. The Hall–Kier alpha value is -2.89. The summed E-state index contributed by atoms with van der Waals surface area (Å²) in [6, 6.07) is 15.8. The number of hydrogen-bond donors (Lipinski definition) is 2. The molecule has 0 heterocycles. The Morgan fingerprint density at radius 1 is 1.05 bits per heavy atom. The normalized spacial score (nSPS) is 14.9. The number of nitrogens with one attached hydrogen (secondary N) is 2. The summed E-state index contributed by atoms with van der Waals surface area (Å²) in [5.41, 5.74) is 5.92. The van der Waals surface area contributed by atoms with Gasteiger partial charge in [0.1, 0.15) is 5.69 Å². The van der Waals surface area contributed by atoms with E-state index in [-0.39, 0.29) is 17.3 Å². The van der Waals surface area contributed by atoms with Crippen molar-refractivity contribution in [1.82, 2.24) is 5.43 Å². The lowest BCUT2D eigenvalue weighted by molar-refractivity contribution is -0.384. The van der Waals surface area contributed by atoms with Crippen molar-refractivity contribution in [3.63, 3.8) is 0 Å². The minimum atomic E-state index is -0.516. The Balaban J connectivity index is 1.73. The van der Waals surface area contributed by atoms with Crippen LogP contribution in [0.25, 0.3) is 0 Å². The van der Waals surface area contributed by atoms with Crippen LogP contribution in [-0.2, 0) is 10.2 Å². The number of hydrazine groups is 1. The molecule has 112 valence electrons. The Labute approximate surface area is 127 Å². The quantitative estimate of drug-likeness (QED) is 0.656. The van der Waals surface area contributed by atoms with Gasteiger partial charge in [-0.3, -0.25) is 25.8 Å². The molecule has 0 bridgehead atoms. The summed E-state index contributed by atoms with van der Waals surface area (Å²) in [4.78, 5) is 22.9. The second kappa shape index (κ2) is 5.48. The maximum atomic E-state index is 12.4. The monoisotopic (exact) mass is 297 g/mol. The molecular formula is C16H15N3O3. The van der Waals surface area contributed by atoms with E-state index in [9.17, 15) is 14.9 Å². The summed E-state index contributed by atoms with van der Waals surface area (Å²) < 4.78 is 0. The second-order valence-corrected chi connectivity index (χ2v) is 5.30. The minimum absolute atomic E-state index is 0.0765. The van der Waals surface area contributed by atoms with Crippen molar-refractivity contribution in [2.45, 2.75) is 18.3 Å². The first-order valence-corrected chi connectivity index (χ1v) is 6.99. The zero-order valence-electron chi connectivity index (χ0n) is 11.8. The molecule has 0 atom stereocenters. The van der Waals surface area contributed by atoms with Crippen LogP contribution in [0.5, 0.6) is 0 Å². The van der Waals surface area contributed by atoms with Gasteiger partial charge in [0.05, 0.1) is 10.3 Å². The number of nitro groups is 1. The molecule has 6 heteroatoms. The maximum Gasteiger partial charge on any atom is 0.294 e. The van der Waals surface area contributed by atoms with Crippen molar-refractivity contribution < 1.29 is 9.72 Å². The molecular weight excluding hydrogens is 282 g/mol. The van der Waals surface area contributed by atoms with Crippen LogP contribution in [0, 0.1) is 10.1 Å². The van der Waals surface area contributed by atoms with E-state index in [0.717, 1.165) is 18.4 Å². The first-order valence-electron chi connectivity index (χ1n) is 6.99. The zero-order valence-corrected chi connectivity index (χ0v) is 11.8. The molecule has 1 aliphatic carbocycles. The summed E-state index contributed by atoms with van der Waals surface area (Å²) in [7, 11) is 0. The highest BCUT2D eigenvalue weighted by Gasteiger charge is 2.51. The lowest BCUT2D eigenvalue weighted by Crippen LogP contribution is -2.38. The van der Waals surface area contributed by atoms with Gasteiger partial charge in [0.25, 0.3) is 5.69 Å². The predicted molar refractivity (Wildman–Crippen MR) is 82.2 cm³/mol. The molecule has 3 rings (SSSR count). The number of benzene rings is 2. The fourth-order valence-corrected chi connectivity index (χ4v) is 2.51. The van der Waals surface area contributed by atoms with Crippen molar-refractivity contribution in [3.8, 4) is 0 Å². The molecule has 6 nitrogen and oxygen atoms in total. The third-order valence-electron chi connectivity index (χ3n) is 3.92. The van der Waals surface area contributed by atoms with Crippen LogP contribution in [0.2, 0.25) is 0 Å². The Bertz CT molecular complexity index is 712. The van der Waals surface area contributed by atoms with Gasteiger partial charge >= 0.3 is 0 Å². The largest absolute Gasteiger partial charge is 0.294 e. The summed E-state index contributed by atoms with van der Waals surface area (Å²) in [5.74, 6) is -0.170. The van der Waals surface area contributed by atoms with E-state index >= 15 is 0 Å². The highest BCUT2D eigenvalue weighted by Crippen LogP contribution is 2.48. The third kappa shape index (κ3) is 2.50. The van der Waals surface area contributed by atoms with Crippen LogP contribution < -0.4 is 10.9 Å². The average Bonchev–Trinajstić information content (AvgIpc) is 3.35. The predicted octanol–water partition coefficient (Wildman–Crippen LogP) is 2.77. The Morgan fingerprint density at radius 2 is 1.68 bits per heavy atom. The number of rotatable bonds is 5. The molecule has 0 saturated heterocycles. The third-order valence-corrected chi connectivity index (χ3v) is 3.92. The van der Waals surface area contributed by atoms with E-state index in [4.69, 9.17) is 0 Å². The highest BCUT2D eigenvalue weighted by molar-refractivity contribution is 5.92. The van der Waals surface area contributed by atoms with E-state index in [1.807, 2.05) is 30.3 Å². The van der Waals surface area contributed by atoms with Gasteiger partial charge in [0.15, 0.2) is 0 Å². The van der Waals surface area contributed by atoms with Crippen molar-refractivity contribution in [3.05, 3.63) is 70.3 Å². The Kier molecular flexibility index (Phi) is 3.50. The lowest BCUT2D eigenvalue weighted by Gasteiger charge is -2.16. The second-order valence-electron chi connectivity index (χ2n) is 5.30. The van der Waals surface area contributed by atoms with Gasteiger partial charge in [0, 0.05) is 6.07 Å². The number of amides is 1. The van der Waals surface area contributed by atoms with Crippen LogP contribution in [0.3, 0.4) is 0 Å². The molecule has 0 radical (unpaired) electrons. The summed E-state index contributed by atoms with van der Waals surface area (Å²) >= 11 is 0. The number of hydrogen-bond acceptors (Lipinski definition) is 4. The number of anilines is 1. The molecule has 2 aromatic rings. The van der Waals surface area contributed by atoms with Crippen molar-refractivity contribution in [1.29, 1.82) is 0 Å². The zero-order chi connectivity index (χ0) is 15.6. The summed E-state index contributed by atoms with van der Waals surface area (Å²) in [6.45, 7) is 0. The number of carbonyl (C=O) groups is 1. The van der Waals surface area contributed by atoms with Crippen LogP contribution >= 0.6 is 0 Å².